The molecule has 0 saturated carbocycles. The maximum atomic E-state index is 10.8. The fourth-order valence-electron chi connectivity index (χ4n) is 3.27. The lowest BCUT2D eigenvalue weighted by molar-refractivity contribution is -0.958. The molecule has 2 aliphatic rings. The molecule has 2 rings (SSSR count). The summed E-state index contributed by atoms with van der Waals surface area (Å²) in [5, 5.41) is 0. The Kier molecular flexibility index (Phi) is 4.18. The van der Waals surface area contributed by atoms with Gasteiger partial charge in [0.05, 0.1) is 32.2 Å². The standard InChI is InChI=1S/C12H23N3O/c13-12(16)10-14-8-4-11(5-9-14)15-6-2-1-3-7-15/h11H,1-10H2,(H2,13,16)/p+2. The summed E-state index contributed by atoms with van der Waals surface area (Å²) in [4.78, 5) is 14.1. The van der Waals surface area contributed by atoms with E-state index in [4.69, 9.17) is 5.73 Å². The molecule has 2 aliphatic heterocycles. The van der Waals surface area contributed by atoms with E-state index in [1.807, 2.05) is 4.90 Å². The molecule has 4 heteroatoms. The Bertz CT molecular complexity index is 230. The molecular weight excluding hydrogens is 202 g/mol. The van der Waals surface area contributed by atoms with Crippen LogP contribution in [0.5, 0.6) is 0 Å². The number of quaternary nitrogens is 2. The monoisotopic (exact) mass is 227 g/mol. The summed E-state index contributed by atoms with van der Waals surface area (Å²) in [5.41, 5.74) is 5.24. The minimum absolute atomic E-state index is 0.154. The van der Waals surface area contributed by atoms with Crippen molar-refractivity contribution in [3.8, 4) is 0 Å². The lowest BCUT2D eigenvalue weighted by Crippen LogP contribution is -3.21. The van der Waals surface area contributed by atoms with Gasteiger partial charge in [0.1, 0.15) is 0 Å². The minimum Gasteiger partial charge on any atom is -0.365 e. The highest BCUT2D eigenvalue weighted by molar-refractivity contribution is 5.74. The average Bonchev–Trinajstić information content (AvgIpc) is 2.30. The zero-order valence-corrected chi connectivity index (χ0v) is 10.1. The smallest absolute Gasteiger partial charge is 0.272 e. The lowest BCUT2D eigenvalue weighted by atomic mass is 10.00. The minimum atomic E-state index is -0.154. The Hall–Kier alpha value is -0.610. The van der Waals surface area contributed by atoms with Gasteiger partial charge in [-0.2, -0.15) is 0 Å². The number of primary amides is 1. The van der Waals surface area contributed by atoms with Crippen molar-refractivity contribution in [2.45, 2.75) is 38.1 Å². The molecule has 2 fully saturated rings. The van der Waals surface area contributed by atoms with E-state index in [-0.39, 0.29) is 5.91 Å². The topological polar surface area (TPSA) is 52.0 Å². The van der Waals surface area contributed by atoms with Crippen LogP contribution in [-0.4, -0.2) is 44.7 Å². The van der Waals surface area contributed by atoms with Crippen LogP contribution < -0.4 is 15.5 Å². The Balaban J connectivity index is 1.73. The molecule has 0 atom stereocenters. The largest absolute Gasteiger partial charge is 0.365 e. The third-order valence-electron chi connectivity index (χ3n) is 4.19. The average molecular weight is 227 g/mol. The molecule has 4 nitrogen and oxygen atoms in total. The second-order valence-corrected chi connectivity index (χ2v) is 5.39. The van der Waals surface area contributed by atoms with E-state index in [0.29, 0.717) is 6.54 Å². The molecule has 0 aromatic carbocycles. The Morgan fingerprint density at radius 3 is 2.25 bits per heavy atom. The van der Waals surface area contributed by atoms with Gasteiger partial charge < -0.3 is 15.5 Å². The van der Waals surface area contributed by atoms with E-state index in [2.05, 4.69) is 0 Å². The molecule has 0 unspecified atom stereocenters. The van der Waals surface area contributed by atoms with E-state index in [1.54, 1.807) is 0 Å². The molecule has 2 saturated heterocycles. The van der Waals surface area contributed by atoms with Gasteiger partial charge in [-0.1, -0.05) is 0 Å². The van der Waals surface area contributed by atoms with Crippen LogP contribution in [0.3, 0.4) is 0 Å². The fraction of sp³-hybridized carbons (Fsp3) is 0.917. The normalized spacial score (nSPS) is 32.5. The van der Waals surface area contributed by atoms with Crippen LogP contribution >= 0.6 is 0 Å². The van der Waals surface area contributed by atoms with Gasteiger partial charge in [-0.05, 0) is 19.3 Å². The summed E-state index contributed by atoms with van der Waals surface area (Å²) in [7, 11) is 0. The molecule has 4 N–H and O–H groups in total. The zero-order valence-electron chi connectivity index (χ0n) is 10.1. The van der Waals surface area contributed by atoms with Crippen LogP contribution in [0.4, 0.5) is 0 Å². The first-order chi connectivity index (χ1) is 7.75. The maximum absolute atomic E-state index is 10.8. The molecule has 1 amide bonds. The first-order valence-electron chi connectivity index (χ1n) is 6.72. The van der Waals surface area contributed by atoms with Gasteiger partial charge in [-0.25, -0.2) is 0 Å². The number of carbonyl (C=O) groups excluding carboxylic acids is 1. The van der Waals surface area contributed by atoms with Crippen molar-refractivity contribution in [3.63, 3.8) is 0 Å². The summed E-state index contributed by atoms with van der Waals surface area (Å²) in [6.07, 6.45) is 6.79. The number of amides is 1. The van der Waals surface area contributed by atoms with Crippen molar-refractivity contribution >= 4 is 5.91 Å². The molecule has 0 bridgehead atoms. The van der Waals surface area contributed by atoms with Gasteiger partial charge in [0.2, 0.25) is 0 Å². The van der Waals surface area contributed by atoms with E-state index >= 15 is 0 Å². The molecule has 16 heavy (non-hydrogen) atoms. The fourth-order valence-corrected chi connectivity index (χ4v) is 3.27. The highest BCUT2D eigenvalue weighted by Gasteiger charge is 2.30. The molecule has 92 valence electrons. The second-order valence-electron chi connectivity index (χ2n) is 5.39. The van der Waals surface area contributed by atoms with Crippen LogP contribution in [0.15, 0.2) is 0 Å². The van der Waals surface area contributed by atoms with Crippen LogP contribution in [0.1, 0.15) is 32.1 Å². The van der Waals surface area contributed by atoms with Crippen LogP contribution in [-0.2, 0) is 4.79 Å². The first kappa shape index (κ1) is 11.9. The van der Waals surface area contributed by atoms with Crippen LogP contribution in [0.25, 0.3) is 0 Å². The number of rotatable bonds is 3. The summed E-state index contributed by atoms with van der Waals surface area (Å²) in [6.45, 7) is 5.54. The molecule has 0 spiro atoms. The number of piperidine rings is 2. The predicted octanol–water partition coefficient (Wildman–Crippen LogP) is -2.41. The van der Waals surface area contributed by atoms with Crippen LogP contribution in [0, 0.1) is 0 Å². The number of likely N-dealkylation sites (tertiary alicyclic amines) is 2. The SMILES string of the molecule is NC(=O)C[NH+]1CCC([NH+]2CCCCC2)CC1. The number of nitrogens with one attached hydrogen (secondary N) is 2. The van der Waals surface area contributed by atoms with E-state index < -0.39 is 0 Å². The predicted molar refractivity (Wildman–Crippen MR) is 62.3 cm³/mol. The van der Waals surface area contributed by atoms with Gasteiger partial charge >= 0.3 is 0 Å². The van der Waals surface area contributed by atoms with E-state index in [0.717, 1.165) is 19.1 Å². The van der Waals surface area contributed by atoms with Crippen LogP contribution in [0.2, 0.25) is 0 Å². The molecule has 0 aromatic heterocycles. The van der Waals surface area contributed by atoms with Gasteiger partial charge in [0.25, 0.3) is 5.91 Å². The third-order valence-corrected chi connectivity index (χ3v) is 4.19. The summed E-state index contributed by atoms with van der Waals surface area (Å²) >= 11 is 0. The number of hydrogen-bond acceptors (Lipinski definition) is 1. The highest BCUT2D eigenvalue weighted by atomic mass is 16.1. The summed E-state index contributed by atoms with van der Waals surface area (Å²) in [5.74, 6) is -0.154. The van der Waals surface area contributed by atoms with Crippen molar-refractivity contribution in [1.82, 2.24) is 0 Å². The second kappa shape index (κ2) is 5.64. The lowest BCUT2D eigenvalue weighted by Gasteiger charge is -2.35. The Morgan fingerprint density at radius 1 is 1.06 bits per heavy atom. The maximum Gasteiger partial charge on any atom is 0.272 e. The van der Waals surface area contributed by atoms with Gasteiger partial charge in [0, 0.05) is 12.8 Å². The molecule has 0 aliphatic carbocycles. The molecular formula is C12H25N3O+2. The summed E-state index contributed by atoms with van der Waals surface area (Å²) in [6, 6.07) is 0.858. The molecule has 2 heterocycles. The number of nitrogens with two attached hydrogens (primary N) is 1. The number of carbonyl (C=O) groups is 1. The Labute approximate surface area is 97.8 Å². The highest BCUT2D eigenvalue weighted by Crippen LogP contribution is 2.01. The van der Waals surface area contributed by atoms with Crippen molar-refractivity contribution in [1.29, 1.82) is 0 Å². The van der Waals surface area contributed by atoms with Crippen molar-refractivity contribution in [2.24, 2.45) is 5.73 Å². The molecule has 0 aromatic rings. The van der Waals surface area contributed by atoms with E-state index in [1.165, 1.54) is 50.1 Å². The van der Waals surface area contributed by atoms with Crippen molar-refractivity contribution in [3.05, 3.63) is 0 Å². The van der Waals surface area contributed by atoms with Gasteiger partial charge in [-0.3, -0.25) is 4.79 Å². The van der Waals surface area contributed by atoms with E-state index in [9.17, 15) is 4.79 Å². The van der Waals surface area contributed by atoms with Crippen molar-refractivity contribution in [2.75, 3.05) is 32.7 Å². The van der Waals surface area contributed by atoms with Crippen molar-refractivity contribution < 1.29 is 14.6 Å². The molecule has 0 radical (unpaired) electrons. The third kappa shape index (κ3) is 3.19. The first-order valence-corrected chi connectivity index (χ1v) is 6.72. The Morgan fingerprint density at radius 2 is 1.69 bits per heavy atom. The summed E-state index contributed by atoms with van der Waals surface area (Å²) < 4.78 is 0. The van der Waals surface area contributed by atoms with Gasteiger partial charge in [-0.15, -0.1) is 0 Å². The zero-order chi connectivity index (χ0) is 11.4. The quantitative estimate of drug-likeness (QED) is 0.494. The van der Waals surface area contributed by atoms with Gasteiger partial charge in [0.15, 0.2) is 6.54 Å². The number of hydrogen-bond donors (Lipinski definition) is 3.